The number of carbonyl (C=O) groups is 1. The van der Waals surface area contributed by atoms with Gasteiger partial charge in [-0.15, -0.1) is 0 Å². The van der Waals surface area contributed by atoms with Crippen LogP contribution in [0, 0.1) is 4.77 Å². The highest BCUT2D eigenvalue weighted by molar-refractivity contribution is 7.71. The van der Waals surface area contributed by atoms with Crippen molar-refractivity contribution < 1.29 is 14.3 Å². The molecule has 158 valence electrons. The number of unbranched alkanes of at least 4 members (excludes halogenated alkanes) is 1. The Bertz CT molecular complexity index is 976. The Kier molecular flexibility index (Phi) is 7.30. The fraction of sp³-hybridized carbons (Fsp3) is 0.571. The summed E-state index contributed by atoms with van der Waals surface area (Å²) >= 11 is 5.41. The fourth-order valence-electron chi connectivity index (χ4n) is 3.67. The van der Waals surface area contributed by atoms with Crippen LogP contribution in [0.5, 0.6) is 11.5 Å². The maximum Gasteiger partial charge on any atom is 0.262 e. The van der Waals surface area contributed by atoms with Crippen molar-refractivity contribution in [3.05, 3.63) is 27.3 Å². The van der Waals surface area contributed by atoms with Crippen LogP contribution in [0.25, 0.3) is 10.9 Å². The molecular weight excluding hydrogens is 390 g/mol. The number of likely N-dealkylation sites (tertiary alicyclic amines) is 1. The molecule has 0 radical (unpaired) electrons. The van der Waals surface area contributed by atoms with Gasteiger partial charge in [-0.05, 0) is 57.8 Å². The molecule has 2 aromatic rings. The summed E-state index contributed by atoms with van der Waals surface area (Å²) in [4.78, 5) is 30.2. The summed E-state index contributed by atoms with van der Waals surface area (Å²) in [6.45, 7) is 7.00. The van der Waals surface area contributed by atoms with Gasteiger partial charge in [-0.1, -0.05) is 0 Å². The van der Waals surface area contributed by atoms with E-state index in [1.807, 2.05) is 18.7 Å². The average molecular weight is 420 g/mol. The third kappa shape index (κ3) is 4.98. The van der Waals surface area contributed by atoms with E-state index in [1.165, 1.54) is 0 Å². The largest absolute Gasteiger partial charge is 0.490 e. The number of carbonyl (C=O) groups excluding carboxylic acids is 1. The molecule has 1 fully saturated rings. The molecule has 8 heteroatoms. The number of fused-ring (bicyclic) bond motifs is 1. The van der Waals surface area contributed by atoms with Crippen LogP contribution in [-0.4, -0.2) is 46.7 Å². The van der Waals surface area contributed by atoms with Crippen LogP contribution in [0.15, 0.2) is 16.9 Å². The van der Waals surface area contributed by atoms with Gasteiger partial charge in [0.05, 0.1) is 24.1 Å². The number of ether oxygens (including phenoxy) is 2. The predicted octanol–water partition coefficient (Wildman–Crippen LogP) is 3.65. The Balaban J connectivity index is 1.75. The molecule has 1 aliphatic rings. The highest BCUT2D eigenvalue weighted by Crippen LogP contribution is 2.30. The number of hydrogen-bond acceptors (Lipinski definition) is 5. The number of rotatable bonds is 9. The molecule has 1 saturated heterocycles. The molecule has 3 rings (SSSR count). The fourth-order valence-corrected chi connectivity index (χ4v) is 3.96. The first-order chi connectivity index (χ1) is 14.0. The van der Waals surface area contributed by atoms with Gasteiger partial charge in [0.2, 0.25) is 5.91 Å². The summed E-state index contributed by atoms with van der Waals surface area (Å²) in [7, 11) is 0. The van der Waals surface area contributed by atoms with Crippen LogP contribution >= 0.6 is 12.2 Å². The minimum atomic E-state index is -0.154. The van der Waals surface area contributed by atoms with Gasteiger partial charge < -0.3 is 19.4 Å². The summed E-state index contributed by atoms with van der Waals surface area (Å²) in [6, 6.07) is 3.48. The van der Waals surface area contributed by atoms with Gasteiger partial charge in [0, 0.05) is 32.1 Å². The van der Waals surface area contributed by atoms with E-state index in [-0.39, 0.29) is 11.5 Å². The van der Waals surface area contributed by atoms with E-state index < -0.39 is 0 Å². The molecule has 0 atom stereocenters. The molecule has 0 aliphatic carbocycles. The minimum Gasteiger partial charge on any atom is -0.490 e. The van der Waals surface area contributed by atoms with E-state index in [0.717, 1.165) is 38.8 Å². The molecule has 1 aromatic heterocycles. The number of nitrogens with zero attached hydrogens (tertiary/aromatic N) is 2. The van der Waals surface area contributed by atoms with Crippen molar-refractivity contribution in [2.45, 2.75) is 52.5 Å². The summed E-state index contributed by atoms with van der Waals surface area (Å²) < 4.78 is 13.2. The molecule has 0 bridgehead atoms. The number of aromatic nitrogens is 2. The second-order valence-electron chi connectivity index (χ2n) is 7.14. The molecule has 1 amide bonds. The van der Waals surface area contributed by atoms with Gasteiger partial charge in [-0.2, -0.15) is 0 Å². The zero-order valence-corrected chi connectivity index (χ0v) is 18.0. The highest BCUT2D eigenvalue weighted by atomic mass is 32.1. The van der Waals surface area contributed by atoms with E-state index in [0.29, 0.717) is 53.4 Å². The SMILES string of the molecule is CCOc1cc2[nH]c(=S)n(CCCCC(=O)N3CCCC3)c(=O)c2cc1OCC. The van der Waals surface area contributed by atoms with Crippen LogP contribution in [0.1, 0.15) is 46.0 Å². The van der Waals surface area contributed by atoms with E-state index in [1.54, 1.807) is 16.7 Å². The zero-order chi connectivity index (χ0) is 20.8. The summed E-state index contributed by atoms with van der Waals surface area (Å²) in [5.74, 6) is 1.35. The van der Waals surface area contributed by atoms with Crippen LogP contribution in [0.4, 0.5) is 0 Å². The normalized spacial score (nSPS) is 13.8. The second kappa shape index (κ2) is 9.91. The molecular formula is C21H29N3O4S. The van der Waals surface area contributed by atoms with Gasteiger partial charge in [0.1, 0.15) is 0 Å². The standard InChI is InChI=1S/C21H29N3O4S/c1-3-27-17-13-15-16(14-18(17)28-4-2)22-21(29)24(20(15)26)12-6-5-9-19(25)23-10-7-8-11-23/h13-14H,3-12H2,1-2H3,(H,22,29). The number of amides is 1. The van der Waals surface area contributed by atoms with Crippen LogP contribution < -0.4 is 15.0 Å². The Morgan fingerprint density at radius 1 is 1.10 bits per heavy atom. The number of H-pyrrole nitrogens is 1. The molecule has 2 heterocycles. The second-order valence-corrected chi connectivity index (χ2v) is 7.53. The lowest BCUT2D eigenvalue weighted by atomic mass is 10.2. The molecule has 1 N–H and O–H groups in total. The predicted molar refractivity (Wildman–Crippen MR) is 115 cm³/mol. The number of hydrogen-bond donors (Lipinski definition) is 1. The lowest BCUT2D eigenvalue weighted by molar-refractivity contribution is -0.130. The van der Waals surface area contributed by atoms with Gasteiger partial charge in [0.25, 0.3) is 5.56 Å². The zero-order valence-electron chi connectivity index (χ0n) is 17.2. The van der Waals surface area contributed by atoms with E-state index in [9.17, 15) is 9.59 Å². The summed E-state index contributed by atoms with van der Waals surface area (Å²) in [6.07, 6.45) is 4.18. The van der Waals surface area contributed by atoms with E-state index in [4.69, 9.17) is 21.7 Å². The first-order valence-corrected chi connectivity index (χ1v) is 10.8. The molecule has 0 saturated carbocycles. The molecule has 7 nitrogen and oxygen atoms in total. The maximum atomic E-state index is 13.0. The van der Waals surface area contributed by atoms with Gasteiger partial charge in [-0.25, -0.2) is 0 Å². The first kappa shape index (κ1) is 21.4. The number of aromatic amines is 1. The third-order valence-corrected chi connectivity index (χ3v) is 5.45. The lowest BCUT2D eigenvalue weighted by Crippen LogP contribution is -2.27. The van der Waals surface area contributed by atoms with E-state index >= 15 is 0 Å². The molecule has 1 aliphatic heterocycles. The van der Waals surface area contributed by atoms with Gasteiger partial charge >= 0.3 is 0 Å². The van der Waals surface area contributed by atoms with E-state index in [2.05, 4.69) is 4.98 Å². The molecule has 0 unspecified atom stereocenters. The summed E-state index contributed by atoms with van der Waals surface area (Å²) in [5.41, 5.74) is 0.478. The van der Waals surface area contributed by atoms with Crippen LogP contribution in [-0.2, 0) is 11.3 Å². The molecule has 29 heavy (non-hydrogen) atoms. The van der Waals surface area contributed by atoms with Gasteiger partial charge in [-0.3, -0.25) is 14.2 Å². The Labute approximate surface area is 175 Å². The van der Waals surface area contributed by atoms with Crippen molar-refractivity contribution in [1.29, 1.82) is 0 Å². The molecule has 1 aromatic carbocycles. The molecule has 0 spiro atoms. The lowest BCUT2D eigenvalue weighted by Gasteiger charge is -2.15. The minimum absolute atomic E-state index is 0.154. The van der Waals surface area contributed by atoms with Gasteiger partial charge in [0.15, 0.2) is 16.3 Å². The van der Waals surface area contributed by atoms with Crippen molar-refractivity contribution in [3.8, 4) is 11.5 Å². The highest BCUT2D eigenvalue weighted by Gasteiger charge is 2.17. The first-order valence-electron chi connectivity index (χ1n) is 10.4. The van der Waals surface area contributed by atoms with Crippen LogP contribution in [0.3, 0.4) is 0 Å². The quantitative estimate of drug-likeness (QED) is 0.496. The smallest absolute Gasteiger partial charge is 0.262 e. The van der Waals surface area contributed by atoms with Crippen molar-refractivity contribution >= 4 is 29.0 Å². The van der Waals surface area contributed by atoms with Crippen LogP contribution in [0.2, 0.25) is 0 Å². The Morgan fingerprint density at radius 2 is 1.76 bits per heavy atom. The number of nitrogens with one attached hydrogen (secondary N) is 1. The average Bonchev–Trinajstić information content (AvgIpc) is 3.23. The summed E-state index contributed by atoms with van der Waals surface area (Å²) in [5, 5.41) is 0.513. The topological polar surface area (TPSA) is 76.6 Å². The van der Waals surface area contributed by atoms with Crippen molar-refractivity contribution in [2.24, 2.45) is 0 Å². The van der Waals surface area contributed by atoms with Crippen molar-refractivity contribution in [2.75, 3.05) is 26.3 Å². The Hall–Kier alpha value is -2.35. The third-order valence-electron chi connectivity index (χ3n) is 5.13. The van der Waals surface area contributed by atoms with Crippen molar-refractivity contribution in [1.82, 2.24) is 14.5 Å². The Morgan fingerprint density at radius 3 is 2.41 bits per heavy atom. The maximum absolute atomic E-state index is 13.0. The monoisotopic (exact) mass is 419 g/mol. The van der Waals surface area contributed by atoms with Crippen molar-refractivity contribution in [3.63, 3.8) is 0 Å². The number of benzene rings is 1.